The molecule has 0 unspecified atom stereocenters. The molecule has 0 atom stereocenters. The average Bonchev–Trinajstić information content (AvgIpc) is 2.03. The topological polar surface area (TPSA) is 0 Å². The fourth-order valence-electron chi connectivity index (χ4n) is 1.13. The van der Waals surface area contributed by atoms with Crippen molar-refractivity contribution in [3.05, 3.63) is 36.0 Å². The summed E-state index contributed by atoms with van der Waals surface area (Å²) in [5.74, 6) is -2.57. The van der Waals surface area contributed by atoms with Crippen molar-refractivity contribution in [1.82, 2.24) is 0 Å². The van der Waals surface area contributed by atoms with Gasteiger partial charge in [-0.05, 0) is 24.5 Å². The van der Waals surface area contributed by atoms with Crippen molar-refractivity contribution in [2.75, 3.05) is 0 Å². The summed E-state index contributed by atoms with van der Waals surface area (Å²) < 4.78 is 26.0. The first-order chi connectivity index (χ1) is 6.32. The van der Waals surface area contributed by atoms with Crippen molar-refractivity contribution >= 4 is 0 Å². The van der Waals surface area contributed by atoms with Crippen molar-refractivity contribution in [2.45, 2.75) is 33.6 Å². The van der Waals surface area contributed by atoms with E-state index in [0.29, 0.717) is 0 Å². The monoisotopic (exact) mass is 200 g/mol. The van der Waals surface area contributed by atoms with Gasteiger partial charge in [0.2, 0.25) is 0 Å². The quantitative estimate of drug-likeness (QED) is 0.591. The third kappa shape index (κ3) is 3.86. The number of hydrogen-bond acceptors (Lipinski definition) is 0. The van der Waals surface area contributed by atoms with Crippen LogP contribution in [0.3, 0.4) is 0 Å². The molecule has 0 spiro atoms. The zero-order valence-corrected chi connectivity index (χ0v) is 9.27. The molecule has 0 amide bonds. The summed E-state index contributed by atoms with van der Waals surface area (Å²) in [6.45, 7) is 10.1. The van der Waals surface area contributed by atoms with Crippen LogP contribution in [-0.2, 0) is 0 Å². The molecule has 0 aromatic carbocycles. The lowest BCUT2D eigenvalue weighted by Crippen LogP contribution is -2.12. The van der Waals surface area contributed by atoms with Crippen molar-refractivity contribution < 1.29 is 8.78 Å². The Morgan fingerprint density at radius 3 is 2.07 bits per heavy atom. The van der Waals surface area contributed by atoms with Gasteiger partial charge in [0, 0.05) is 12.5 Å². The molecule has 0 aliphatic carbocycles. The Morgan fingerprint density at radius 2 is 1.86 bits per heavy atom. The van der Waals surface area contributed by atoms with Crippen LogP contribution in [0, 0.1) is 5.92 Å². The predicted octanol–water partition coefficient (Wildman–Crippen LogP) is 4.36. The Kier molecular flexibility index (Phi) is 4.75. The Bertz CT molecular complexity index is 252. The normalized spacial score (nSPS) is 14.8. The molecule has 0 nitrogen and oxygen atoms in total. The minimum Gasteiger partial charge on any atom is -0.202 e. The first-order valence-corrected chi connectivity index (χ1v) is 4.71. The smallest absolute Gasteiger partial charge is 0.202 e. The first-order valence-electron chi connectivity index (χ1n) is 4.71. The molecule has 0 saturated carbocycles. The highest BCUT2D eigenvalue weighted by atomic mass is 19.3. The van der Waals surface area contributed by atoms with Crippen LogP contribution in [0.2, 0.25) is 0 Å². The van der Waals surface area contributed by atoms with E-state index in [2.05, 4.69) is 6.58 Å². The van der Waals surface area contributed by atoms with Crippen LogP contribution in [0.15, 0.2) is 36.0 Å². The minimum atomic E-state index is -2.81. The summed E-state index contributed by atoms with van der Waals surface area (Å²) in [5.41, 5.74) is 0.876. The van der Waals surface area contributed by atoms with Gasteiger partial charge in [0.05, 0.1) is 0 Å². The first kappa shape index (κ1) is 13.1. The van der Waals surface area contributed by atoms with Gasteiger partial charge in [0.25, 0.3) is 5.92 Å². The molecule has 0 N–H and O–H groups in total. The van der Waals surface area contributed by atoms with Crippen LogP contribution >= 0.6 is 0 Å². The molecule has 0 radical (unpaired) electrons. The standard InChI is InChI=1S/C12H18F2/c1-6-10(9(3)4)8-11(7-2)12(5,13)14/h6-9H,2H2,1,3-5H3/b10-6+,11-8+. The maximum absolute atomic E-state index is 13.0. The third-order valence-electron chi connectivity index (χ3n) is 2.05. The summed E-state index contributed by atoms with van der Waals surface area (Å²) >= 11 is 0. The van der Waals surface area contributed by atoms with E-state index in [1.807, 2.05) is 26.8 Å². The molecule has 0 aliphatic heterocycles. The van der Waals surface area contributed by atoms with Crippen LogP contribution < -0.4 is 0 Å². The minimum absolute atomic E-state index is 0.0284. The summed E-state index contributed by atoms with van der Waals surface area (Å²) in [4.78, 5) is 0. The predicted molar refractivity (Wildman–Crippen MR) is 57.5 cm³/mol. The lowest BCUT2D eigenvalue weighted by Gasteiger charge is -2.14. The largest absolute Gasteiger partial charge is 0.270 e. The van der Waals surface area contributed by atoms with E-state index >= 15 is 0 Å². The van der Waals surface area contributed by atoms with Gasteiger partial charge in [-0.3, -0.25) is 0 Å². The lowest BCUT2D eigenvalue weighted by atomic mass is 9.98. The second kappa shape index (κ2) is 5.08. The molecule has 2 heteroatoms. The maximum atomic E-state index is 13.0. The van der Waals surface area contributed by atoms with Gasteiger partial charge in [-0.2, -0.15) is 0 Å². The number of rotatable bonds is 4. The second-order valence-corrected chi connectivity index (χ2v) is 3.64. The van der Waals surface area contributed by atoms with E-state index in [1.165, 1.54) is 12.2 Å². The molecule has 0 rings (SSSR count). The van der Waals surface area contributed by atoms with Gasteiger partial charge in [0.15, 0.2) is 0 Å². The molecule has 0 saturated heterocycles. The van der Waals surface area contributed by atoms with Gasteiger partial charge in [-0.25, -0.2) is 8.78 Å². The molecule has 0 aromatic rings. The molecule has 80 valence electrons. The molecule has 0 bridgehead atoms. The third-order valence-corrected chi connectivity index (χ3v) is 2.05. The fraction of sp³-hybridized carbons (Fsp3) is 0.500. The van der Waals surface area contributed by atoms with Crippen LogP contribution in [0.25, 0.3) is 0 Å². The highest BCUT2D eigenvalue weighted by Gasteiger charge is 2.25. The number of allylic oxidation sites excluding steroid dienone is 5. The molecule has 14 heavy (non-hydrogen) atoms. The Hall–Kier alpha value is -0.920. The van der Waals surface area contributed by atoms with Gasteiger partial charge in [-0.15, -0.1) is 0 Å². The van der Waals surface area contributed by atoms with E-state index in [0.717, 1.165) is 12.5 Å². The Labute approximate surface area is 85.0 Å². The van der Waals surface area contributed by atoms with Crippen molar-refractivity contribution in [2.24, 2.45) is 5.92 Å². The van der Waals surface area contributed by atoms with E-state index in [9.17, 15) is 8.78 Å². The van der Waals surface area contributed by atoms with Gasteiger partial charge in [-0.1, -0.05) is 32.6 Å². The number of alkyl halides is 2. The maximum Gasteiger partial charge on any atom is 0.270 e. The van der Waals surface area contributed by atoms with Crippen LogP contribution in [0.4, 0.5) is 8.78 Å². The molecular weight excluding hydrogens is 182 g/mol. The van der Waals surface area contributed by atoms with E-state index < -0.39 is 5.92 Å². The molecule has 0 fully saturated rings. The van der Waals surface area contributed by atoms with E-state index in [4.69, 9.17) is 0 Å². The summed E-state index contributed by atoms with van der Waals surface area (Å²) in [6, 6.07) is 0. The summed E-state index contributed by atoms with van der Waals surface area (Å²) in [7, 11) is 0. The zero-order chi connectivity index (χ0) is 11.4. The van der Waals surface area contributed by atoms with E-state index in [-0.39, 0.29) is 11.5 Å². The molecular formula is C12H18F2. The van der Waals surface area contributed by atoms with Gasteiger partial charge in [0.1, 0.15) is 0 Å². The van der Waals surface area contributed by atoms with Crippen LogP contribution in [0.1, 0.15) is 27.7 Å². The lowest BCUT2D eigenvalue weighted by molar-refractivity contribution is 0.0674. The number of halogens is 2. The van der Waals surface area contributed by atoms with Crippen LogP contribution in [-0.4, -0.2) is 5.92 Å². The Balaban J connectivity index is 5.03. The zero-order valence-electron chi connectivity index (χ0n) is 9.27. The van der Waals surface area contributed by atoms with Crippen LogP contribution in [0.5, 0.6) is 0 Å². The van der Waals surface area contributed by atoms with Gasteiger partial charge >= 0.3 is 0 Å². The molecule has 0 aliphatic rings. The highest BCUT2D eigenvalue weighted by molar-refractivity contribution is 5.33. The van der Waals surface area contributed by atoms with Gasteiger partial charge < -0.3 is 0 Å². The average molecular weight is 200 g/mol. The second-order valence-electron chi connectivity index (χ2n) is 3.64. The summed E-state index contributed by atoms with van der Waals surface area (Å²) in [6.07, 6.45) is 4.57. The van der Waals surface area contributed by atoms with Crippen molar-refractivity contribution in [1.29, 1.82) is 0 Å². The fourth-order valence-corrected chi connectivity index (χ4v) is 1.13. The summed E-state index contributed by atoms with van der Waals surface area (Å²) in [5, 5.41) is 0. The molecule has 0 heterocycles. The SMILES string of the molecule is C=C/C(=C\C(=C/C)C(C)C)C(C)(F)F. The Morgan fingerprint density at radius 1 is 1.36 bits per heavy atom. The molecule has 0 aromatic heterocycles. The van der Waals surface area contributed by atoms with Crippen molar-refractivity contribution in [3.63, 3.8) is 0 Å². The number of hydrogen-bond donors (Lipinski definition) is 0. The van der Waals surface area contributed by atoms with Crippen molar-refractivity contribution in [3.8, 4) is 0 Å². The van der Waals surface area contributed by atoms with E-state index in [1.54, 1.807) is 0 Å². The highest BCUT2D eigenvalue weighted by Crippen LogP contribution is 2.26.